The SMILES string of the molecule is CNS(=O)(=O)c1ccc(NC2CCCCC2)c(-c2nnn(C3CCN(C(C)=O)CC3)n2)c1. The van der Waals surface area contributed by atoms with Gasteiger partial charge in [-0.1, -0.05) is 19.3 Å². The van der Waals surface area contributed by atoms with Crippen molar-refractivity contribution in [1.29, 1.82) is 0 Å². The van der Waals surface area contributed by atoms with Gasteiger partial charge in [0.15, 0.2) is 0 Å². The number of benzene rings is 1. The highest BCUT2D eigenvalue weighted by Crippen LogP contribution is 2.31. The smallest absolute Gasteiger partial charge is 0.240 e. The molecule has 2 heterocycles. The summed E-state index contributed by atoms with van der Waals surface area (Å²) in [6, 6.07) is 5.41. The molecular formula is C21H31N7O3S. The zero-order valence-corrected chi connectivity index (χ0v) is 19.4. The summed E-state index contributed by atoms with van der Waals surface area (Å²) in [6.45, 7) is 2.92. The van der Waals surface area contributed by atoms with Gasteiger partial charge in [0.1, 0.15) is 0 Å². The Morgan fingerprint density at radius 2 is 1.81 bits per heavy atom. The molecule has 4 rings (SSSR count). The first-order chi connectivity index (χ1) is 15.4. The van der Waals surface area contributed by atoms with Crippen molar-refractivity contribution < 1.29 is 13.2 Å². The van der Waals surface area contributed by atoms with E-state index in [4.69, 9.17) is 0 Å². The van der Waals surface area contributed by atoms with Gasteiger partial charge >= 0.3 is 0 Å². The molecule has 0 bridgehead atoms. The summed E-state index contributed by atoms with van der Waals surface area (Å²) < 4.78 is 27.2. The van der Waals surface area contributed by atoms with E-state index < -0.39 is 10.0 Å². The summed E-state index contributed by atoms with van der Waals surface area (Å²) in [5.74, 6) is 0.474. The fourth-order valence-corrected chi connectivity index (χ4v) is 5.24. The van der Waals surface area contributed by atoms with Gasteiger partial charge in [-0.05, 0) is 56.1 Å². The predicted molar refractivity (Wildman–Crippen MR) is 121 cm³/mol. The van der Waals surface area contributed by atoms with Gasteiger partial charge in [0.25, 0.3) is 0 Å². The third kappa shape index (κ3) is 4.93. The van der Waals surface area contributed by atoms with Crippen molar-refractivity contribution in [2.75, 3.05) is 25.5 Å². The van der Waals surface area contributed by atoms with Gasteiger partial charge in [-0.25, -0.2) is 13.1 Å². The Hall–Kier alpha value is -2.53. The molecule has 1 aliphatic carbocycles. The fourth-order valence-electron chi connectivity index (χ4n) is 4.49. The van der Waals surface area contributed by atoms with Gasteiger partial charge in [0.2, 0.25) is 21.8 Å². The molecule has 2 aromatic rings. The van der Waals surface area contributed by atoms with Gasteiger partial charge in [-0.3, -0.25) is 4.79 Å². The molecule has 0 spiro atoms. The Bertz CT molecular complexity index is 1060. The van der Waals surface area contributed by atoms with Gasteiger partial charge < -0.3 is 10.2 Å². The molecule has 0 unspecified atom stereocenters. The number of aromatic nitrogens is 4. The number of carbonyl (C=O) groups excluding carboxylic acids is 1. The summed E-state index contributed by atoms with van der Waals surface area (Å²) in [5, 5.41) is 16.7. The molecule has 1 amide bonds. The molecule has 10 nitrogen and oxygen atoms in total. The molecule has 1 aromatic carbocycles. The third-order valence-corrected chi connectivity index (χ3v) is 7.85. The Balaban J connectivity index is 1.62. The molecular weight excluding hydrogens is 430 g/mol. The number of sulfonamides is 1. The summed E-state index contributed by atoms with van der Waals surface area (Å²) in [6.07, 6.45) is 7.32. The van der Waals surface area contributed by atoms with Crippen LogP contribution in [0.25, 0.3) is 11.4 Å². The van der Waals surface area contributed by atoms with Crippen molar-refractivity contribution in [2.45, 2.75) is 68.8 Å². The lowest BCUT2D eigenvalue weighted by Crippen LogP contribution is -2.38. The maximum Gasteiger partial charge on any atom is 0.240 e. The molecule has 2 aliphatic rings. The molecule has 1 saturated carbocycles. The van der Waals surface area contributed by atoms with Crippen molar-refractivity contribution >= 4 is 21.6 Å². The molecule has 1 aromatic heterocycles. The van der Waals surface area contributed by atoms with Crippen LogP contribution in [0.4, 0.5) is 5.69 Å². The number of piperidine rings is 1. The average Bonchev–Trinajstić information content (AvgIpc) is 3.30. The van der Waals surface area contributed by atoms with Crippen LogP contribution >= 0.6 is 0 Å². The van der Waals surface area contributed by atoms with Crippen LogP contribution in [-0.2, 0) is 14.8 Å². The maximum absolute atomic E-state index is 12.4. The molecule has 0 atom stereocenters. The van der Waals surface area contributed by atoms with Crippen molar-refractivity contribution in [3.8, 4) is 11.4 Å². The van der Waals surface area contributed by atoms with E-state index in [1.165, 1.54) is 26.3 Å². The minimum atomic E-state index is -3.60. The Morgan fingerprint density at radius 3 is 2.47 bits per heavy atom. The quantitative estimate of drug-likeness (QED) is 0.676. The van der Waals surface area contributed by atoms with Crippen LogP contribution in [0.3, 0.4) is 0 Å². The predicted octanol–water partition coefficient (Wildman–Crippen LogP) is 2.18. The Kier molecular flexibility index (Phi) is 6.75. The van der Waals surface area contributed by atoms with E-state index in [1.54, 1.807) is 29.9 Å². The van der Waals surface area contributed by atoms with Crippen LogP contribution in [0.2, 0.25) is 0 Å². The number of nitrogens with one attached hydrogen (secondary N) is 2. The highest BCUT2D eigenvalue weighted by molar-refractivity contribution is 7.89. The van der Waals surface area contributed by atoms with Crippen molar-refractivity contribution in [2.24, 2.45) is 0 Å². The Labute approximate surface area is 188 Å². The van der Waals surface area contributed by atoms with E-state index >= 15 is 0 Å². The van der Waals surface area contributed by atoms with E-state index in [0.717, 1.165) is 31.4 Å². The topological polar surface area (TPSA) is 122 Å². The van der Waals surface area contributed by atoms with Crippen molar-refractivity contribution in [3.63, 3.8) is 0 Å². The molecule has 11 heteroatoms. The monoisotopic (exact) mass is 461 g/mol. The first kappa shape index (κ1) is 22.7. The van der Waals surface area contributed by atoms with E-state index in [2.05, 4.69) is 25.4 Å². The normalized spacial score (nSPS) is 18.6. The zero-order valence-electron chi connectivity index (χ0n) is 18.6. The number of tetrazole rings is 1. The first-order valence-electron chi connectivity index (χ1n) is 11.3. The van der Waals surface area contributed by atoms with Gasteiger partial charge in [0, 0.05) is 37.3 Å². The standard InChI is InChI=1S/C21H31N7O3S/c1-15(29)27-12-10-17(11-13-27)28-25-21(24-26-28)19-14-18(32(30,31)22-2)8-9-20(19)23-16-6-4-3-5-7-16/h8-9,14,16-17,22-23H,3-7,10-13H2,1-2H3. The second-order valence-corrected chi connectivity index (χ2v) is 10.5. The molecule has 174 valence electrons. The number of carbonyl (C=O) groups is 1. The van der Waals surface area contributed by atoms with Crippen LogP contribution in [0.5, 0.6) is 0 Å². The third-order valence-electron chi connectivity index (χ3n) is 6.44. The second-order valence-electron chi connectivity index (χ2n) is 8.56. The van der Waals surface area contributed by atoms with E-state index in [9.17, 15) is 13.2 Å². The molecule has 1 saturated heterocycles. The largest absolute Gasteiger partial charge is 0.382 e. The maximum atomic E-state index is 12.4. The lowest BCUT2D eigenvalue weighted by Gasteiger charge is -2.30. The second kappa shape index (κ2) is 9.53. The van der Waals surface area contributed by atoms with Crippen LogP contribution in [0.1, 0.15) is 57.9 Å². The number of nitrogens with zero attached hydrogens (tertiary/aromatic N) is 5. The molecule has 0 radical (unpaired) electrons. The van der Waals surface area contributed by atoms with Gasteiger partial charge in [-0.2, -0.15) is 4.80 Å². The number of hydrogen-bond acceptors (Lipinski definition) is 7. The highest BCUT2D eigenvalue weighted by Gasteiger charge is 2.25. The molecule has 1 aliphatic heterocycles. The summed E-state index contributed by atoms with van der Waals surface area (Å²) in [7, 11) is -2.21. The summed E-state index contributed by atoms with van der Waals surface area (Å²) >= 11 is 0. The van der Waals surface area contributed by atoms with Crippen molar-refractivity contribution in [3.05, 3.63) is 18.2 Å². The summed E-state index contributed by atoms with van der Waals surface area (Å²) in [5.41, 5.74) is 1.44. The number of hydrogen-bond donors (Lipinski definition) is 2. The van der Waals surface area contributed by atoms with Crippen LogP contribution in [0, 0.1) is 0 Å². The average molecular weight is 462 g/mol. The lowest BCUT2D eigenvalue weighted by atomic mass is 9.95. The number of rotatable bonds is 6. The van der Waals surface area contributed by atoms with Crippen LogP contribution in [0.15, 0.2) is 23.1 Å². The number of likely N-dealkylation sites (tertiary alicyclic amines) is 1. The Morgan fingerprint density at radius 1 is 1.09 bits per heavy atom. The first-order valence-corrected chi connectivity index (χ1v) is 12.8. The molecule has 2 N–H and O–H groups in total. The van der Waals surface area contributed by atoms with Crippen molar-refractivity contribution in [1.82, 2.24) is 29.8 Å². The minimum Gasteiger partial charge on any atom is -0.382 e. The van der Waals surface area contributed by atoms with E-state index in [-0.39, 0.29) is 16.8 Å². The van der Waals surface area contributed by atoms with Crippen LogP contribution < -0.4 is 10.0 Å². The number of anilines is 1. The zero-order chi connectivity index (χ0) is 22.7. The lowest BCUT2D eigenvalue weighted by molar-refractivity contribution is -0.130. The molecule has 32 heavy (non-hydrogen) atoms. The van der Waals surface area contributed by atoms with Gasteiger partial charge in [-0.15, -0.1) is 10.2 Å². The number of amides is 1. The fraction of sp³-hybridized carbons (Fsp3) is 0.619. The van der Waals surface area contributed by atoms with E-state index in [0.29, 0.717) is 30.5 Å². The minimum absolute atomic E-state index is 0.0610. The summed E-state index contributed by atoms with van der Waals surface area (Å²) in [4.78, 5) is 15.2. The molecule has 2 fully saturated rings. The van der Waals surface area contributed by atoms with E-state index in [1.807, 2.05) is 4.90 Å². The van der Waals surface area contributed by atoms with Gasteiger partial charge in [0.05, 0.1) is 10.9 Å². The van der Waals surface area contributed by atoms with Crippen LogP contribution in [-0.4, -0.2) is 65.6 Å². The highest BCUT2D eigenvalue weighted by atomic mass is 32.2.